The summed E-state index contributed by atoms with van der Waals surface area (Å²) in [6.07, 6.45) is 4.58. The summed E-state index contributed by atoms with van der Waals surface area (Å²) in [4.78, 5) is 3.90. The van der Waals surface area contributed by atoms with Crippen LogP contribution in [0.4, 0.5) is 0 Å². The molecule has 1 heterocycles. The van der Waals surface area contributed by atoms with E-state index in [1.807, 2.05) is 26.0 Å². The molecule has 0 aliphatic rings. The van der Waals surface area contributed by atoms with E-state index in [1.54, 1.807) is 12.4 Å². The van der Waals surface area contributed by atoms with Gasteiger partial charge in [0.25, 0.3) is 0 Å². The fourth-order valence-electron chi connectivity index (χ4n) is 1.42. The maximum Gasteiger partial charge on any atom is 0.212 e. The zero-order valence-electron chi connectivity index (χ0n) is 10.7. The monoisotopic (exact) mass is 334 g/mol. The van der Waals surface area contributed by atoms with Crippen molar-refractivity contribution in [2.24, 2.45) is 0 Å². The quantitative estimate of drug-likeness (QED) is 0.777. The van der Waals surface area contributed by atoms with E-state index >= 15 is 0 Å². The van der Waals surface area contributed by atoms with Gasteiger partial charge < -0.3 is 0 Å². The number of aromatic nitrogens is 1. The molecule has 0 saturated carbocycles. The number of pyridine rings is 1. The van der Waals surface area contributed by atoms with Gasteiger partial charge in [0.2, 0.25) is 10.0 Å². The van der Waals surface area contributed by atoms with E-state index < -0.39 is 15.6 Å². The van der Waals surface area contributed by atoms with Crippen LogP contribution in [0.25, 0.3) is 0 Å². The number of rotatable bonds is 7. The molecule has 102 valence electrons. The van der Waals surface area contributed by atoms with Crippen molar-refractivity contribution in [1.82, 2.24) is 9.71 Å². The lowest BCUT2D eigenvalue weighted by molar-refractivity contribution is 0.449. The van der Waals surface area contributed by atoms with Crippen LogP contribution in [-0.2, 0) is 16.4 Å². The summed E-state index contributed by atoms with van der Waals surface area (Å²) in [7, 11) is -3.26. The van der Waals surface area contributed by atoms with Crippen molar-refractivity contribution in [2.45, 2.75) is 32.2 Å². The summed E-state index contributed by atoms with van der Waals surface area (Å²) < 4.78 is 26.7. The maximum absolute atomic E-state index is 12.0. The standard InChI is InChI=1S/C12H19BrN2O2S/c1-3-12(2,10-13)15-18(16,17)9-6-11-4-7-14-8-5-11/h4-5,7-8,15H,3,6,9-10H2,1-2H3. The van der Waals surface area contributed by atoms with Gasteiger partial charge in [0.1, 0.15) is 0 Å². The molecule has 0 amide bonds. The topological polar surface area (TPSA) is 59.1 Å². The molecule has 1 N–H and O–H groups in total. The minimum atomic E-state index is -3.26. The Labute approximate surface area is 117 Å². The van der Waals surface area contributed by atoms with Gasteiger partial charge in [-0.05, 0) is 37.5 Å². The molecule has 1 atom stereocenters. The van der Waals surface area contributed by atoms with E-state index in [-0.39, 0.29) is 5.75 Å². The number of halogens is 1. The first-order valence-electron chi connectivity index (χ1n) is 5.87. The predicted octanol–water partition coefficient (Wildman–Crippen LogP) is 2.11. The third kappa shape index (κ3) is 5.04. The second kappa shape index (κ2) is 6.63. The number of nitrogens with one attached hydrogen (secondary N) is 1. The number of hydrogen-bond acceptors (Lipinski definition) is 3. The van der Waals surface area contributed by atoms with E-state index in [1.165, 1.54) is 0 Å². The number of hydrogen-bond donors (Lipinski definition) is 1. The largest absolute Gasteiger partial charge is 0.265 e. The molecule has 0 fully saturated rings. The molecule has 1 aromatic rings. The van der Waals surface area contributed by atoms with Crippen molar-refractivity contribution in [2.75, 3.05) is 11.1 Å². The SMILES string of the molecule is CCC(C)(CBr)NS(=O)(=O)CCc1ccncc1. The Hall–Kier alpha value is -0.460. The highest BCUT2D eigenvalue weighted by Gasteiger charge is 2.26. The summed E-state index contributed by atoms with van der Waals surface area (Å²) >= 11 is 3.35. The molecule has 0 bridgehead atoms. The van der Waals surface area contributed by atoms with Crippen molar-refractivity contribution < 1.29 is 8.42 Å². The summed E-state index contributed by atoms with van der Waals surface area (Å²) in [5.74, 6) is 0.0968. The molecule has 18 heavy (non-hydrogen) atoms. The number of nitrogens with zero attached hydrogens (tertiary/aromatic N) is 1. The first kappa shape index (κ1) is 15.6. The second-order valence-corrected chi connectivity index (χ2v) is 6.98. The first-order chi connectivity index (χ1) is 8.41. The number of aryl methyl sites for hydroxylation is 1. The van der Waals surface area contributed by atoms with Crippen molar-refractivity contribution in [1.29, 1.82) is 0 Å². The molecule has 0 aliphatic heterocycles. The van der Waals surface area contributed by atoms with Crippen LogP contribution in [0.15, 0.2) is 24.5 Å². The highest BCUT2D eigenvalue weighted by atomic mass is 79.9. The molecule has 0 aromatic carbocycles. The van der Waals surface area contributed by atoms with Gasteiger partial charge in [0, 0.05) is 23.3 Å². The molecule has 1 aromatic heterocycles. The lowest BCUT2D eigenvalue weighted by Crippen LogP contribution is -2.47. The molecule has 0 aliphatic carbocycles. The van der Waals surface area contributed by atoms with Gasteiger partial charge in [-0.15, -0.1) is 0 Å². The van der Waals surface area contributed by atoms with Crippen LogP contribution in [0.3, 0.4) is 0 Å². The summed E-state index contributed by atoms with van der Waals surface area (Å²) in [5, 5.41) is 0.602. The Balaban J connectivity index is 2.61. The van der Waals surface area contributed by atoms with Gasteiger partial charge in [0.15, 0.2) is 0 Å². The molecule has 6 heteroatoms. The van der Waals surface area contributed by atoms with Crippen molar-refractivity contribution in [3.8, 4) is 0 Å². The highest BCUT2D eigenvalue weighted by Crippen LogP contribution is 2.14. The van der Waals surface area contributed by atoms with Crippen LogP contribution in [-0.4, -0.2) is 30.0 Å². The third-order valence-corrected chi connectivity index (χ3v) is 5.67. The van der Waals surface area contributed by atoms with Gasteiger partial charge in [-0.25, -0.2) is 13.1 Å². The Morgan fingerprint density at radius 2 is 2.00 bits per heavy atom. The van der Waals surface area contributed by atoms with Crippen LogP contribution < -0.4 is 4.72 Å². The minimum absolute atomic E-state index is 0.0968. The van der Waals surface area contributed by atoms with E-state index in [9.17, 15) is 8.42 Å². The summed E-state index contributed by atoms with van der Waals surface area (Å²) in [6, 6.07) is 3.66. The fourth-order valence-corrected chi connectivity index (χ4v) is 3.72. The van der Waals surface area contributed by atoms with Crippen LogP contribution in [0.2, 0.25) is 0 Å². The Bertz CT molecular complexity index is 458. The molecule has 0 spiro atoms. The molecule has 0 radical (unpaired) electrons. The van der Waals surface area contributed by atoms with Gasteiger partial charge in [-0.2, -0.15) is 0 Å². The lowest BCUT2D eigenvalue weighted by Gasteiger charge is -2.26. The Morgan fingerprint density at radius 3 is 2.50 bits per heavy atom. The predicted molar refractivity (Wildman–Crippen MR) is 77.4 cm³/mol. The van der Waals surface area contributed by atoms with E-state index in [4.69, 9.17) is 0 Å². The molecular formula is C12H19BrN2O2S. The normalized spacial score (nSPS) is 15.3. The van der Waals surface area contributed by atoms with E-state index in [0.717, 1.165) is 12.0 Å². The number of sulfonamides is 1. The highest BCUT2D eigenvalue weighted by molar-refractivity contribution is 9.09. The van der Waals surface area contributed by atoms with E-state index in [0.29, 0.717) is 11.8 Å². The molecule has 1 rings (SSSR count). The van der Waals surface area contributed by atoms with Gasteiger partial charge in [-0.1, -0.05) is 22.9 Å². The Morgan fingerprint density at radius 1 is 1.39 bits per heavy atom. The van der Waals surface area contributed by atoms with Gasteiger partial charge >= 0.3 is 0 Å². The fraction of sp³-hybridized carbons (Fsp3) is 0.583. The van der Waals surface area contributed by atoms with Gasteiger partial charge in [-0.3, -0.25) is 4.98 Å². The first-order valence-corrected chi connectivity index (χ1v) is 8.65. The van der Waals surface area contributed by atoms with Gasteiger partial charge in [0.05, 0.1) is 5.75 Å². The summed E-state index contributed by atoms with van der Waals surface area (Å²) in [6.45, 7) is 3.86. The molecule has 4 nitrogen and oxygen atoms in total. The Kier molecular flexibility index (Phi) is 5.75. The molecular weight excluding hydrogens is 316 g/mol. The summed E-state index contributed by atoms with van der Waals surface area (Å²) in [5.41, 5.74) is 0.560. The molecule has 1 unspecified atom stereocenters. The van der Waals surface area contributed by atoms with E-state index in [2.05, 4.69) is 25.6 Å². The smallest absolute Gasteiger partial charge is 0.212 e. The zero-order valence-corrected chi connectivity index (χ0v) is 13.1. The second-order valence-electron chi connectivity index (χ2n) is 4.57. The maximum atomic E-state index is 12.0. The van der Waals surface area contributed by atoms with Crippen molar-refractivity contribution in [3.05, 3.63) is 30.1 Å². The average Bonchev–Trinajstić information content (AvgIpc) is 2.37. The van der Waals surface area contributed by atoms with Crippen molar-refractivity contribution >= 4 is 26.0 Å². The molecule has 0 saturated heterocycles. The third-order valence-electron chi connectivity index (χ3n) is 2.89. The van der Waals surface area contributed by atoms with Crippen LogP contribution in [0.1, 0.15) is 25.8 Å². The van der Waals surface area contributed by atoms with Crippen LogP contribution in [0, 0.1) is 0 Å². The lowest BCUT2D eigenvalue weighted by atomic mass is 10.0. The van der Waals surface area contributed by atoms with Crippen molar-refractivity contribution in [3.63, 3.8) is 0 Å². The zero-order chi connectivity index (χ0) is 13.6. The number of alkyl halides is 1. The van der Waals surface area contributed by atoms with Crippen LogP contribution >= 0.6 is 15.9 Å². The van der Waals surface area contributed by atoms with Crippen LogP contribution in [0.5, 0.6) is 0 Å². The average molecular weight is 335 g/mol. The minimum Gasteiger partial charge on any atom is -0.265 e.